The van der Waals surface area contributed by atoms with Gasteiger partial charge in [0.2, 0.25) is 11.8 Å². The lowest BCUT2D eigenvalue weighted by atomic mass is 9.98. The zero-order valence-corrected chi connectivity index (χ0v) is 14.6. The quantitative estimate of drug-likeness (QED) is 0.739. The average Bonchev–Trinajstić information content (AvgIpc) is 3.25. The summed E-state index contributed by atoms with van der Waals surface area (Å²) >= 11 is 0. The van der Waals surface area contributed by atoms with Gasteiger partial charge in [0.05, 0.1) is 5.92 Å². The van der Waals surface area contributed by atoms with Crippen molar-refractivity contribution in [1.82, 2.24) is 10.2 Å². The van der Waals surface area contributed by atoms with E-state index in [2.05, 4.69) is 15.5 Å². The first-order valence-corrected chi connectivity index (χ1v) is 9.12. The Kier molecular flexibility index (Phi) is 4.46. The summed E-state index contributed by atoms with van der Waals surface area (Å²) in [7, 11) is 0. The van der Waals surface area contributed by atoms with Crippen LogP contribution < -0.4 is 16.0 Å². The molecule has 2 amide bonds. The molecule has 1 aromatic heterocycles. The fourth-order valence-corrected chi connectivity index (χ4v) is 3.42. The standard InChI is InChI=1S/C19H23N5O2/c20-11-15(19(26)21-17-10-16(22-23-17)13-3-4-13)12-5-7-14(8-6-12)24-9-1-2-18(24)25/h5-8,10,13,15H,1-4,9,11,20H2,(H2,21,22,23,26). The van der Waals surface area contributed by atoms with Gasteiger partial charge in [-0.3, -0.25) is 14.7 Å². The second-order valence-corrected chi connectivity index (χ2v) is 7.00. The third-order valence-corrected chi connectivity index (χ3v) is 5.10. The predicted octanol–water partition coefficient (Wildman–Crippen LogP) is 2.09. The van der Waals surface area contributed by atoms with E-state index < -0.39 is 5.92 Å². The first kappa shape index (κ1) is 16.8. The third kappa shape index (κ3) is 3.35. The Bertz CT molecular complexity index is 810. The van der Waals surface area contributed by atoms with Gasteiger partial charge in [-0.05, 0) is 37.0 Å². The van der Waals surface area contributed by atoms with Gasteiger partial charge in [0.15, 0.2) is 5.82 Å². The number of hydrogen-bond acceptors (Lipinski definition) is 4. The molecule has 2 heterocycles. The number of aromatic amines is 1. The molecule has 4 rings (SSSR count). The monoisotopic (exact) mass is 353 g/mol. The Hall–Kier alpha value is -2.67. The Morgan fingerprint density at radius 3 is 2.73 bits per heavy atom. The largest absolute Gasteiger partial charge is 0.329 e. The minimum absolute atomic E-state index is 0.149. The summed E-state index contributed by atoms with van der Waals surface area (Å²) in [5.74, 6) is 0.607. The van der Waals surface area contributed by atoms with Crippen LogP contribution in [-0.2, 0) is 9.59 Å². The van der Waals surface area contributed by atoms with Crippen LogP contribution in [0.4, 0.5) is 11.5 Å². The molecule has 0 radical (unpaired) electrons. The highest BCUT2D eigenvalue weighted by Crippen LogP contribution is 2.39. The molecule has 0 spiro atoms. The molecule has 1 saturated carbocycles. The van der Waals surface area contributed by atoms with Crippen LogP contribution in [0, 0.1) is 0 Å². The van der Waals surface area contributed by atoms with Gasteiger partial charge in [0.25, 0.3) is 0 Å². The van der Waals surface area contributed by atoms with E-state index >= 15 is 0 Å². The average molecular weight is 353 g/mol. The van der Waals surface area contributed by atoms with Gasteiger partial charge < -0.3 is 16.0 Å². The number of carbonyl (C=O) groups is 2. The molecule has 1 aromatic carbocycles. The van der Waals surface area contributed by atoms with Crippen molar-refractivity contribution in [1.29, 1.82) is 0 Å². The molecule has 2 aromatic rings. The predicted molar refractivity (Wildman–Crippen MR) is 99.0 cm³/mol. The molecule has 2 aliphatic rings. The highest BCUT2D eigenvalue weighted by molar-refractivity contribution is 5.96. The number of nitrogens with two attached hydrogens (primary N) is 1. The van der Waals surface area contributed by atoms with E-state index in [0.717, 1.165) is 29.9 Å². The Labute approximate surface area is 151 Å². The second-order valence-electron chi connectivity index (χ2n) is 7.00. The van der Waals surface area contributed by atoms with Crippen LogP contribution in [0.15, 0.2) is 30.3 Å². The van der Waals surface area contributed by atoms with Gasteiger partial charge in [-0.2, -0.15) is 5.10 Å². The van der Waals surface area contributed by atoms with Crippen LogP contribution in [0.25, 0.3) is 0 Å². The summed E-state index contributed by atoms with van der Waals surface area (Å²) in [5.41, 5.74) is 8.63. The fourth-order valence-electron chi connectivity index (χ4n) is 3.42. The lowest BCUT2D eigenvalue weighted by Crippen LogP contribution is -2.28. The van der Waals surface area contributed by atoms with E-state index in [-0.39, 0.29) is 18.4 Å². The van der Waals surface area contributed by atoms with Crippen molar-refractivity contribution in [3.63, 3.8) is 0 Å². The van der Waals surface area contributed by atoms with E-state index in [1.54, 1.807) is 4.90 Å². The van der Waals surface area contributed by atoms with Gasteiger partial charge in [-0.1, -0.05) is 12.1 Å². The van der Waals surface area contributed by atoms with Crippen LogP contribution >= 0.6 is 0 Å². The summed E-state index contributed by atoms with van der Waals surface area (Å²) < 4.78 is 0. The molecule has 26 heavy (non-hydrogen) atoms. The SMILES string of the molecule is NCC(C(=O)Nc1cc(C2CC2)[nH]n1)c1ccc(N2CCCC2=O)cc1. The van der Waals surface area contributed by atoms with E-state index in [1.165, 1.54) is 12.8 Å². The molecule has 0 bridgehead atoms. The first-order chi connectivity index (χ1) is 12.7. The number of nitrogens with one attached hydrogen (secondary N) is 2. The molecule has 4 N–H and O–H groups in total. The number of rotatable bonds is 6. The van der Waals surface area contributed by atoms with Gasteiger partial charge in [0.1, 0.15) is 0 Å². The number of anilines is 2. The number of aromatic nitrogens is 2. The minimum Gasteiger partial charge on any atom is -0.329 e. The molecule has 1 saturated heterocycles. The van der Waals surface area contributed by atoms with Crippen LogP contribution in [0.5, 0.6) is 0 Å². The van der Waals surface area contributed by atoms with Crippen molar-refractivity contribution in [2.45, 2.75) is 37.5 Å². The fraction of sp³-hybridized carbons (Fsp3) is 0.421. The Morgan fingerprint density at radius 2 is 2.12 bits per heavy atom. The lowest BCUT2D eigenvalue weighted by molar-refractivity contribution is -0.118. The molecule has 1 aliphatic carbocycles. The van der Waals surface area contributed by atoms with E-state index in [1.807, 2.05) is 30.3 Å². The zero-order valence-electron chi connectivity index (χ0n) is 14.6. The van der Waals surface area contributed by atoms with E-state index in [4.69, 9.17) is 5.73 Å². The van der Waals surface area contributed by atoms with Gasteiger partial charge in [-0.25, -0.2) is 0 Å². The van der Waals surface area contributed by atoms with Crippen molar-refractivity contribution in [3.8, 4) is 0 Å². The number of hydrogen-bond donors (Lipinski definition) is 3. The van der Waals surface area contributed by atoms with Gasteiger partial charge in [0, 0.05) is 42.9 Å². The number of H-pyrrole nitrogens is 1. The Balaban J connectivity index is 1.45. The topological polar surface area (TPSA) is 104 Å². The van der Waals surface area contributed by atoms with Crippen LogP contribution in [-0.4, -0.2) is 35.1 Å². The smallest absolute Gasteiger partial charge is 0.234 e. The van der Waals surface area contributed by atoms with Crippen molar-refractivity contribution in [2.24, 2.45) is 5.73 Å². The summed E-state index contributed by atoms with van der Waals surface area (Å²) in [5, 5.41) is 9.99. The summed E-state index contributed by atoms with van der Waals surface area (Å²) in [4.78, 5) is 26.3. The molecule has 2 fully saturated rings. The summed E-state index contributed by atoms with van der Waals surface area (Å²) in [6.07, 6.45) is 3.84. The molecule has 1 unspecified atom stereocenters. The van der Waals surface area contributed by atoms with Crippen LogP contribution in [0.1, 0.15) is 48.8 Å². The van der Waals surface area contributed by atoms with Gasteiger partial charge in [-0.15, -0.1) is 0 Å². The maximum absolute atomic E-state index is 12.6. The summed E-state index contributed by atoms with van der Waals surface area (Å²) in [6.45, 7) is 0.954. The van der Waals surface area contributed by atoms with E-state index in [9.17, 15) is 9.59 Å². The minimum atomic E-state index is -0.459. The lowest BCUT2D eigenvalue weighted by Gasteiger charge is -2.18. The van der Waals surface area contributed by atoms with Crippen molar-refractivity contribution < 1.29 is 9.59 Å². The molecular formula is C19H23N5O2. The van der Waals surface area contributed by atoms with Crippen molar-refractivity contribution >= 4 is 23.3 Å². The summed E-state index contributed by atoms with van der Waals surface area (Å²) in [6, 6.07) is 9.41. The highest BCUT2D eigenvalue weighted by Gasteiger charge is 2.27. The molecule has 1 aliphatic heterocycles. The van der Waals surface area contributed by atoms with Crippen molar-refractivity contribution in [3.05, 3.63) is 41.6 Å². The number of amides is 2. The zero-order chi connectivity index (χ0) is 18.1. The maximum Gasteiger partial charge on any atom is 0.234 e. The highest BCUT2D eigenvalue weighted by atomic mass is 16.2. The molecule has 7 heteroatoms. The number of benzene rings is 1. The van der Waals surface area contributed by atoms with Crippen molar-refractivity contribution in [2.75, 3.05) is 23.3 Å². The normalized spacial score (nSPS) is 18.2. The first-order valence-electron chi connectivity index (χ1n) is 9.12. The molecule has 136 valence electrons. The maximum atomic E-state index is 12.6. The van der Waals surface area contributed by atoms with Crippen LogP contribution in [0.2, 0.25) is 0 Å². The molecular weight excluding hydrogens is 330 g/mol. The third-order valence-electron chi connectivity index (χ3n) is 5.10. The second kappa shape index (κ2) is 6.92. The molecule has 7 nitrogen and oxygen atoms in total. The van der Waals surface area contributed by atoms with E-state index in [0.29, 0.717) is 18.2 Å². The molecule has 1 atom stereocenters. The number of carbonyl (C=O) groups excluding carboxylic acids is 2. The number of nitrogens with zero attached hydrogens (tertiary/aromatic N) is 2. The van der Waals surface area contributed by atoms with Gasteiger partial charge >= 0.3 is 0 Å². The Morgan fingerprint density at radius 1 is 1.35 bits per heavy atom. The van der Waals surface area contributed by atoms with Crippen LogP contribution in [0.3, 0.4) is 0 Å².